The van der Waals surface area contributed by atoms with E-state index in [1.165, 1.54) is 0 Å². The van der Waals surface area contributed by atoms with Crippen molar-refractivity contribution in [1.82, 2.24) is 0 Å². The second-order valence-corrected chi connectivity index (χ2v) is 2.58. The van der Waals surface area contributed by atoms with Crippen LogP contribution in [0.2, 0.25) is 0 Å². The van der Waals surface area contributed by atoms with Gasteiger partial charge in [-0.15, -0.1) is 0 Å². The average Bonchev–Trinajstić information content (AvgIpc) is 1.85. The Labute approximate surface area is 65.8 Å². The summed E-state index contributed by atoms with van der Waals surface area (Å²) in [5, 5.41) is 17.2. The van der Waals surface area contributed by atoms with Crippen molar-refractivity contribution in [3.05, 3.63) is 0 Å². The van der Waals surface area contributed by atoms with Gasteiger partial charge in [0.15, 0.2) is 0 Å². The molecular formula is C7H14O4. The Balaban J connectivity index is 3.52. The molecule has 4 nitrogen and oxygen atoms in total. The lowest BCUT2D eigenvalue weighted by Crippen LogP contribution is -2.21. The van der Waals surface area contributed by atoms with Crippen LogP contribution in [0.15, 0.2) is 0 Å². The number of ether oxygens (including phenoxy) is 1. The van der Waals surface area contributed by atoms with Crippen LogP contribution in [0.4, 0.5) is 0 Å². The number of aliphatic hydroxyl groups excluding tert-OH is 2. The molecule has 0 aliphatic carbocycles. The Bertz CT molecular complexity index is 122. The third kappa shape index (κ3) is 5.82. The third-order valence-electron chi connectivity index (χ3n) is 0.980. The molecule has 0 bridgehead atoms. The molecule has 0 saturated carbocycles. The molecular weight excluding hydrogens is 148 g/mol. The fourth-order valence-electron chi connectivity index (χ4n) is 0.568. The molecule has 0 aliphatic heterocycles. The van der Waals surface area contributed by atoms with Crippen molar-refractivity contribution in [2.45, 2.75) is 32.5 Å². The highest BCUT2D eigenvalue weighted by atomic mass is 16.5. The largest absolute Gasteiger partial charge is 0.463 e. The van der Waals surface area contributed by atoms with E-state index in [1.807, 2.05) is 0 Å². The van der Waals surface area contributed by atoms with Gasteiger partial charge in [0, 0.05) is 0 Å². The minimum Gasteiger partial charge on any atom is -0.463 e. The number of hydrogen-bond donors (Lipinski definition) is 2. The summed E-state index contributed by atoms with van der Waals surface area (Å²) in [5.41, 5.74) is 0. The molecule has 1 unspecified atom stereocenters. The molecule has 66 valence electrons. The minimum atomic E-state index is -0.999. The van der Waals surface area contributed by atoms with Crippen LogP contribution in [-0.2, 0) is 9.53 Å². The molecule has 0 aliphatic rings. The summed E-state index contributed by atoms with van der Waals surface area (Å²) < 4.78 is 4.71. The fraction of sp³-hybridized carbons (Fsp3) is 0.857. The lowest BCUT2D eigenvalue weighted by molar-refractivity contribution is -0.150. The summed E-state index contributed by atoms with van der Waals surface area (Å²) in [6.07, 6.45) is -1.32. The van der Waals surface area contributed by atoms with E-state index in [2.05, 4.69) is 0 Å². The van der Waals surface area contributed by atoms with Crippen LogP contribution in [0.5, 0.6) is 0 Å². The van der Waals surface area contributed by atoms with Gasteiger partial charge in [-0.05, 0) is 13.8 Å². The van der Waals surface area contributed by atoms with Gasteiger partial charge in [-0.3, -0.25) is 4.79 Å². The highest BCUT2D eigenvalue weighted by Gasteiger charge is 2.11. The average molecular weight is 162 g/mol. The van der Waals surface area contributed by atoms with Gasteiger partial charge in [0.25, 0.3) is 0 Å². The van der Waals surface area contributed by atoms with Crippen LogP contribution >= 0.6 is 0 Å². The Morgan fingerprint density at radius 2 is 2.09 bits per heavy atom. The van der Waals surface area contributed by atoms with E-state index in [9.17, 15) is 4.79 Å². The van der Waals surface area contributed by atoms with Gasteiger partial charge in [-0.25, -0.2) is 0 Å². The van der Waals surface area contributed by atoms with E-state index in [0.29, 0.717) is 0 Å². The van der Waals surface area contributed by atoms with Crippen molar-refractivity contribution in [2.75, 3.05) is 6.61 Å². The second kappa shape index (κ2) is 5.09. The summed E-state index contributed by atoms with van der Waals surface area (Å²) >= 11 is 0. The zero-order valence-corrected chi connectivity index (χ0v) is 6.78. The molecule has 11 heavy (non-hydrogen) atoms. The lowest BCUT2D eigenvalue weighted by atomic mass is 10.3. The van der Waals surface area contributed by atoms with Crippen LogP contribution < -0.4 is 0 Å². The molecule has 1 atom stereocenters. The number of rotatable bonds is 4. The van der Waals surface area contributed by atoms with Crippen LogP contribution in [0, 0.1) is 0 Å². The van der Waals surface area contributed by atoms with E-state index >= 15 is 0 Å². The van der Waals surface area contributed by atoms with E-state index in [1.54, 1.807) is 13.8 Å². The molecule has 0 fully saturated rings. The molecule has 0 amide bonds. The van der Waals surface area contributed by atoms with Crippen molar-refractivity contribution >= 4 is 5.97 Å². The minimum absolute atomic E-state index is 0.144. The first-order chi connectivity index (χ1) is 5.06. The predicted octanol–water partition coefficient (Wildman–Crippen LogP) is -0.319. The SMILES string of the molecule is CC(C)OC(=O)CC(O)CO. The summed E-state index contributed by atoms with van der Waals surface area (Å²) in [6.45, 7) is 3.04. The lowest BCUT2D eigenvalue weighted by Gasteiger charge is -2.09. The molecule has 2 N–H and O–H groups in total. The topological polar surface area (TPSA) is 66.8 Å². The van der Waals surface area contributed by atoms with Crippen molar-refractivity contribution in [2.24, 2.45) is 0 Å². The Hall–Kier alpha value is -0.610. The Kier molecular flexibility index (Phi) is 4.81. The first kappa shape index (κ1) is 10.4. The van der Waals surface area contributed by atoms with E-state index < -0.39 is 18.7 Å². The van der Waals surface area contributed by atoms with Gasteiger partial charge in [-0.1, -0.05) is 0 Å². The number of carbonyl (C=O) groups is 1. The van der Waals surface area contributed by atoms with Crippen molar-refractivity contribution in [1.29, 1.82) is 0 Å². The van der Waals surface area contributed by atoms with Crippen molar-refractivity contribution in [3.63, 3.8) is 0 Å². The summed E-state index contributed by atoms with van der Waals surface area (Å²) in [4.78, 5) is 10.7. The quantitative estimate of drug-likeness (QED) is 0.556. The fourth-order valence-corrected chi connectivity index (χ4v) is 0.568. The first-order valence-corrected chi connectivity index (χ1v) is 3.54. The third-order valence-corrected chi connectivity index (χ3v) is 0.980. The highest BCUT2D eigenvalue weighted by molar-refractivity contribution is 5.70. The summed E-state index contributed by atoms with van der Waals surface area (Å²) in [7, 11) is 0. The molecule has 0 spiro atoms. The summed E-state index contributed by atoms with van der Waals surface area (Å²) in [5.74, 6) is -0.485. The van der Waals surface area contributed by atoms with E-state index in [-0.39, 0.29) is 12.5 Å². The molecule has 0 radical (unpaired) electrons. The maximum atomic E-state index is 10.7. The number of carbonyl (C=O) groups excluding carboxylic acids is 1. The smallest absolute Gasteiger partial charge is 0.308 e. The van der Waals surface area contributed by atoms with Crippen LogP contribution in [0.25, 0.3) is 0 Å². The van der Waals surface area contributed by atoms with Gasteiger partial charge < -0.3 is 14.9 Å². The van der Waals surface area contributed by atoms with Gasteiger partial charge in [-0.2, -0.15) is 0 Å². The van der Waals surface area contributed by atoms with Crippen LogP contribution in [0.1, 0.15) is 20.3 Å². The predicted molar refractivity (Wildman–Crippen MR) is 38.9 cm³/mol. The number of esters is 1. The first-order valence-electron chi connectivity index (χ1n) is 3.54. The zero-order valence-electron chi connectivity index (χ0n) is 6.78. The standard InChI is InChI=1S/C7H14O4/c1-5(2)11-7(10)3-6(9)4-8/h5-6,8-9H,3-4H2,1-2H3. The highest BCUT2D eigenvalue weighted by Crippen LogP contribution is 1.96. The second-order valence-electron chi connectivity index (χ2n) is 2.58. The molecule has 0 heterocycles. The molecule has 0 saturated heterocycles. The normalized spacial score (nSPS) is 13.2. The van der Waals surface area contributed by atoms with Crippen LogP contribution in [-0.4, -0.2) is 35.0 Å². The monoisotopic (exact) mass is 162 g/mol. The molecule has 4 heteroatoms. The zero-order chi connectivity index (χ0) is 8.85. The van der Waals surface area contributed by atoms with E-state index in [4.69, 9.17) is 14.9 Å². The molecule has 0 aromatic heterocycles. The van der Waals surface area contributed by atoms with Gasteiger partial charge >= 0.3 is 5.97 Å². The van der Waals surface area contributed by atoms with Gasteiger partial charge in [0.05, 0.1) is 25.2 Å². The Morgan fingerprint density at radius 3 is 2.45 bits per heavy atom. The molecule has 0 aromatic carbocycles. The maximum absolute atomic E-state index is 10.7. The van der Waals surface area contributed by atoms with Crippen molar-refractivity contribution in [3.8, 4) is 0 Å². The number of hydrogen-bond acceptors (Lipinski definition) is 4. The summed E-state index contributed by atoms with van der Waals surface area (Å²) in [6, 6.07) is 0. The Morgan fingerprint density at radius 1 is 1.55 bits per heavy atom. The van der Waals surface area contributed by atoms with Crippen LogP contribution in [0.3, 0.4) is 0 Å². The number of aliphatic hydroxyl groups is 2. The maximum Gasteiger partial charge on any atom is 0.308 e. The molecule has 0 rings (SSSR count). The molecule has 0 aromatic rings. The van der Waals surface area contributed by atoms with Gasteiger partial charge in [0.1, 0.15) is 0 Å². The van der Waals surface area contributed by atoms with Crippen molar-refractivity contribution < 1.29 is 19.7 Å². The van der Waals surface area contributed by atoms with Gasteiger partial charge in [0.2, 0.25) is 0 Å². The van der Waals surface area contributed by atoms with E-state index in [0.717, 1.165) is 0 Å².